The molecule has 0 radical (unpaired) electrons. The zero-order chi connectivity index (χ0) is 15.1. The average Bonchev–Trinajstić information content (AvgIpc) is 2.45. The number of hydrogen-bond donors (Lipinski definition) is 5. The summed E-state index contributed by atoms with van der Waals surface area (Å²) < 4.78 is 5.18. The maximum atomic E-state index is 10.7. The highest BCUT2D eigenvalue weighted by atomic mass is 16.5. The van der Waals surface area contributed by atoms with E-state index in [0.717, 1.165) is 5.56 Å². The number of methoxy groups -OCH3 is 1. The fourth-order valence-electron chi connectivity index (χ4n) is 1.58. The largest absolute Gasteiger partial charge is 0.496 e. The Morgan fingerprint density at radius 3 is 2.75 bits per heavy atom. The van der Waals surface area contributed by atoms with Crippen LogP contribution < -0.4 is 21.5 Å². The highest BCUT2D eigenvalue weighted by Gasteiger charge is 2.11. The van der Waals surface area contributed by atoms with Gasteiger partial charge in [0.1, 0.15) is 11.9 Å². The second-order valence-corrected chi connectivity index (χ2v) is 4.06. The first kappa shape index (κ1) is 15.7. The van der Waals surface area contributed by atoms with Crippen LogP contribution >= 0.6 is 0 Å². The van der Waals surface area contributed by atoms with Crippen molar-refractivity contribution < 1.29 is 19.8 Å². The van der Waals surface area contributed by atoms with E-state index in [-0.39, 0.29) is 12.4 Å². The number of primary amides is 1. The number of nitrogens with two attached hydrogens (primary N) is 2. The van der Waals surface area contributed by atoms with Crippen LogP contribution in [0.5, 0.6) is 5.75 Å². The number of ether oxygens (including phenoxy) is 1. The SMILES string of the molecule is COc1ccc(/C(N)=N/O)cc1CNCC(O)C(N)=O. The molecule has 0 spiro atoms. The number of aliphatic hydroxyl groups excluding tert-OH is 1. The number of carbonyl (C=O) groups excluding carboxylic acids is 1. The first-order valence-corrected chi connectivity index (χ1v) is 5.82. The van der Waals surface area contributed by atoms with Crippen LogP contribution in [-0.2, 0) is 11.3 Å². The summed E-state index contributed by atoms with van der Waals surface area (Å²) in [5.41, 5.74) is 11.7. The Kier molecular flexibility index (Phi) is 5.75. The summed E-state index contributed by atoms with van der Waals surface area (Å²) in [5, 5.41) is 23.7. The van der Waals surface area contributed by atoms with E-state index in [0.29, 0.717) is 17.9 Å². The molecular formula is C12H18N4O4. The van der Waals surface area contributed by atoms with E-state index < -0.39 is 12.0 Å². The third kappa shape index (κ3) is 4.11. The van der Waals surface area contributed by atoms with Crippen molar-refractivity contribution >= 4 is 11.7 Å². The Hall–Kier alpha value is -2.32. The minimum atomic E-state index is -1.26. The molecule has 8 heteroatoms. The number of nitrogens with zero attached hydrogens (tertiary/aromatic N) is 1. The van der Waals surface area contributed by atoms with Crippen molar-refractivity contribution in [3.8, 4) is 5.75 Å². The van der Waals surface area contributed by atoms with Crippen molar-refractivity contribution in [3.63, 3.8) is 0 Å². The Balaban J connectivity index is 2.79. The number of rotatable bonds is 7. The van der Waals surface area contributed by atoms with Gasteiger partial charge in [0.15, 0.2) is 5.84 Å². The van der Waals surface area contributed by atoms with Crippen molar-refractivity contribution in [2.45, 2.75) is 12.6 Å². The highest BCUT2D eigenvalue weighted by Crippen LogP contribution is 2.19. The van der Waals surface area contributed by atoms with Crippen LogP contribution in [0.4, 0.5) is 0 Å². The Morgan fingerprint density at radius 2 is 2.20 bits per heavy atom. The van der Waals surface area contributed by atoms with Crippen LogP contribution in [-0.4, -0.2) is 41.8 Å². The Bertz CT molecular complexity index is 504. The molecule has 1 aromatic rings. The molecule has 1 amide bonds. The van der Waals surface area contributed by atoms with Gasteiger partial charge in [0, 0.05) is 24.2 Å². The van der Waals surface area contributed by atoms with Gasteiger partial charge in [-0.15, -0.1) is 0 Å². The molecule has 20 heavy (non-hydrogen) atoms. The number of amidine groups is 1. The fraction of sp³-hybridized carbons (Fsp3) is 0.333. The monoisotopic (exact) mass is 282 g/mol. The Morgan fingerprint density at radius 1 is 1.50 bits per heavy atom. The number of nitrogens with one attached hydrogen (secondary N) is 1. The summed E-state index contributed by atoms with van der Waals surface area (Å²) in [6.07, 6.45) is -1.26. The number of benzene rings is 1. The molecule has 0 saturated heterocycles. The van der Waals surface area contributed by atoms with Gasteiger partial charge < -0.3 is 31.8 Å². The van der Waals surface area contributed by atoms with E-state index in [1.807, 2.05) is 0 Å². The molecule has 0 heterocycles. The lowest BCUT2D eigenvalue weighted by Crippen LogP contribution is -2.37. The van der Waals surface area contributed by atoms with E-state index in [2.05, 4.69) is 10.5 Å². The summed E-state index contributed by atoms with van der Waals surface area (Å²) in [6.45, 7) is 0.340. The van der Waals surface area contributed by atoms with E-state index in [1.54, 1.807) is 18.2 Å². The summed E-state index contributed by atoms with van der Waals surface area (Å²) in [5.74, 6) is -0.221. The van der Waals surface area contributed by atoms with Gasteiger partial charge in [0.05, 0.1) is 7.11 Å². The van der Waals surface area contributed by atoms with E-state index in [4.69, 9.17) is 21.4 Å². The quantitative estimate of drug-likeness (QED) is 0.182. The molecule has 0 aromatic heterocycles. The first-order chi connectivity index (χ1) is 9.49. The van der Waals surface area contributed by atoms with Gasteiger partial charge in [-0.25, -0.2) is 0 Å². The number of aliphatic hydroxyl groups is 1. The minimum absolute atomic E-state index is 0.0201. The molecule has 8 nitrogen and oxygen atoms in total. The zero-order valence-electron chi connectivity index (χ0n) is 11.0. The molecule has 0 bridgehead atoms. The van der Waals surface area contributed by atoms with Gasteiger partial charge in [-0.1, -0.05) is 5.16 Å². The van der Waals surface area contributed by atoms with Gasteiger partial charge in [0.25, 0.3) is 0 Å². The third-order valence-corrected chi connectivity index (χ3v) is 2.67. The zero-order valence-corrected chi connectivity index (χ0v) is 11.0. The van der Waals surface area contributed by atoms with E-state index >= 15 is 0 Å². The molecule has 110 valence electrons. The standard InChI is InChI=1S/C12H18N4O4/c1-20-10-3-2-7(11(13)16-19)4-8(10)5-15-6-9(17)12(14)18/h2-4,9,15,17,19H,5-6H2,1H3,(H2,13,16)(H2,14,18). The van der Waals surface area contributed by atoms with Gasteiger partial charge >= 0.3 is 0 Å². The van der Waals surface area contributed by atoms with Crippen LogP contribution in [0.25, 0.3) is 0 Å². The molecule has 1 unspecified atom stereocenters. The van der Waals surface area contributed by atoms with Crippen molar-refractivity contribution in [1.82, 2.24) is 5.32 Å². The van der Waals surface area contributed by atoms with Crippen molar-refractivity contribution in [2.75, 3.05) is 13.7 Å². The van der Waals surface area contributed by atoms with E-state index in [1.165, 1.54) is 7.11 Å². The second-order valence-electron chi connectivity index (χ2n) is 4.06. The van der Waals surface area contributed by atoms with Crippen molar-refractivity contribution in [3.05, 3.63) is 29.3 Å². The topological polar surface area (TPSA) is 143 Å². The minimum Gasteiger partial charge on any atom is -0.496 e. The summed E-state index contributed by atoms with van der Waals surface area (Å²) in [7, 11) is 1.51. The van der Waals surface area contributed by atoms with Crippen LogP contribution in [0.15, 0.2) is 23.4 Å². The summed E-state index contributed by atoms with van der Waals surface area (Å²) >= 11 is 0. The molecule has 1 aromatic carbocycles. The molecule has 7 N–H and O–H groups in total. The van der Waals surface area contributed by atoms with Gasteiger partial charge in [-0.3, -0.25) is 4.79 Å². The highest BCUT2D eigenvalue weighted by molar-refractivity contribution is 5.97. The summed E-state index contributed by atoms with van der Waals surface area (Å²) in [4.78, 5) is 10.7. The first-order valence-electron chi connectivity index (χ1n) is 5.82. The predicted molar refractivity (Wildman–Crippen MR) is 72.4 cm³/mol. The van der Waals surface area contributed by atoms with Crippen LogP contribution in [0.1, 0.15) is 11.1 Å². The van der Waals surface area contributed by atoms with E-state index in [9.17, 15) is 9.90 Å². The smallest absolute Gasteiger partial charge is 0.247 e. The molecule has 0 fully saturated rings. The summed E-state index contributed by atoms with van der Waals surface area (Å²) in [6, 6.07) is 5.00. The third-order valence-electron chi connectivity index (χ3n) is 2.67. The molecule has 0 saturated carbocycles. The number of amides is 1. The second kappa shape index (κ2) is 7.31. The molecule has 1 atom stereocenters. The van der Waals surface area contributed by atoms with Crippen molar-refractivity contribution in [2.24, 2.45) is 16.6 Å². The lowest BCUT2D eigenvalue weighted by atomic mass is 10.1. The normalized spacial score (nSPS) is 13.0. The van der Waals surface area contributed by atoms with Gasteiger partial charge in [-0.05, 0) is 18.2 Å². The van der Waals surface area contributed by atoms with Crippen LogP contribution in [0.3, 0.4) is 0 Å². The molecule has 0 aliphatic heterocycles. The average molecular weight is 282 g/mol. The number of carbonyl (C=O) groups is 1. The molecule has 0 aliphatic carbocycles. The fourth-order valence-corrected chi connectivity index (χ4v) is 1.58. The lowest BCUT2D eigenvalue weighted by molar-refractivity contribution is -0.125. The lowest BCUT2D eigenvalue weighted by Gasteiger charge is -2.12. The molecule has 1 rings (SSSR count). The van der Waals surface area contributed by atoms with Crippen LogP contribution in [0.2, 0.25) is 0 Å². The molecular weight excluding hydrogens is 264 g/mol. The maximum Gasteiger partial charge on any atom is 0.247 e. The van der Waals surface area contributed by atoms with Gasteiger partial charge in [-0.2, -0.15) is 0 Å². The number of oxime groups is 1. The molecule has 0 aliphatic rings. The maximum absolute atomic E-state index is 10.7. The number of hydrogen-bond acceptors (Lipinski definition) is 6. The van der Waals surface area contributed by atoms with Crippen LogP contribution in [0, 0.1) is 0 Å². The Labute approximate surface area is 116 Å². The van der Waals surface area contributed by atoms with Crippen molar-refractivity contribution in [1.29, 1.82) is 0 Å². The van der Waals surface area contributed by atoms with Gasteiger partial charge in [0.2, 0.25) is 5.91 Å². The predicted octanol–water partition coefficient (Wildman–Crippen LogP) is -1.27.